The standard InChI is InChI=1S/C16H8Cl2O2/c17-15(19)13-9-5-1-2-6-10(9)14(16(18)20)12-8-4-3-7-11(12)13/h1-8H. The van der Waals surface area contributed by atoms with E-state index in [1.807, 2.05) is 0 Å². The fourth-order valence-corrected chi connectivity index (χ4v) is 2.96. The van der Waals surface area contributed by atoms with Crippen LogP contribution in [-0.2, 0) is 0 Å². The van der Waals surface area contributed by atoms with Crippen LogP contribution in [-0.4, -0.2) is 10.5 Å². The topological polar surface area (TPSA) is 34.1 Å². The molecule has 0 saturated carbocycles. The quantitative estimate of drug-likeness (QED) is 0.505. The van der Waals surface area contributed by atoms with Crippen LogP contribution in [0, 0.1) is 0 Å². The summed E-state index contributed by atoms with van der Waals surface area (Å²) >= 11 is 11.5. The van der Waals surface area contributed by atoms with E-state index in [1.54, 1.807) is 48.5 Å². The second-order valence-electron chi connectivity index (χ2n) is 4.39. The molecule has 0 heterocycles. The zero-order valence-electron chi connectivity index (χ0n) is 10.2. The zero-order valence-corrected chi connectivity index (χ0v) is 11.7. The summed E-state index contributed by atoms with van der Waals surface area (Å²) in [5, 5.41) is 1.44. The summed E-state index contributed by atoms with van der Waals surface area (Å²) in [6, 6.07) is 14.2. The summed E-state index contributed by atoms with van der Waals surface area (Å²) in [5.41, 5.74) is 0.805. The molecular formula is C16H8Cl2O2. The smallest absolute Gasteiger partial charge is 0.253 e. The van der Waals surface area contributed by atoms with Gasteiger partial charge >= 0.3 is 0 Å². The molecule has 20 heavy (non-hydrogen) atoms. The van der Waals surface area contributed by atoms with E-state index in [0.717, 1.165) is 0 Å². The summed E-state index contributed by atoms with van der Waals surface area (Å²) in [5.74, 6) is 0. The van der Waals surface area contributed by atoms with Gasteiger partial charge in [-0.2, -0.15) is 0 Å². The average molecular weight is 303 g/mol. The maximum Gasteiger partial charge on any atom is 0.253 e. The molecule has 0 bridgehead atoms. The summed E-state index contributed by atoms with van der Waals surface area (Å²) in [7, 11) is 0. The number of fused-ring (bicyclic) bond motifs is 2. The minimum atomic E-state index is -0.550. The van der Waals surface area contributed by atoms with Crippen LogP contribution in [0.1, 0.15) is 20.7 Å². The van der Waals surface area contributed by atoms with E-state index < -0.39 is 10.5 Å². The Morgan fingerprint density at radius 3 is 1.05 bits per heavy atom. The van der Waals surface area contributed by atoms with Crippen molar-refractivity contribution in [3.8, 4) is 0 Å². The van der Waals surface area contributed by atoms with Crippen molar-refractivity contribution < 1.29 is 9.59 Å². The molecule has 98 valence electrons. The summed E-state index contributed by atoms with van der Waals surface area (Å²) < 4.78 is 0. The molecule has 3 rings (SSSR count). The minimum absolute atomic E-state index is 0.402. The monoisotopic (exact) mass is 302 g/mol. The number of halogens is 2. The Morgan fingerprint density at radius 1 is 0.600 bits per heavy atom. The van der Waals surface area contributed by atoms with Gasteiger partial charge < -0.3 is 0 Å². The average Bonchev–Trinajstić information content (AvgIpc) is 2.43. The molecule has 0 saturated heterocycles. The van der Waals surface area contributed by atoms with Crippen LogP contribution in [0.15, 0.2) is 48.5 Å². The van der Waals surface area contributed by atoms with Gasteiger partial charge in [-0.25, -0.2) is 0 Å². The summed E-state index contributed by atoms with van der Waals surface area (Å²) in [4.78, 5) is 23.6. The molecule has 0 aromatic heterocycles. The summed E-state index contributed by atoms with van der Waals surface area (Å²) in [6.07, 6.45) is 0. The third kappa shape index (κ3) is 1.89. The first-order chi connectivity index (χ1) is 9.61. The molecule has 0 aliphatic heterocycles. The third-order valence-corrected chi connectivity index (χ3v) is 3.70. The van der Waals surface area contributed by atoms with Crippen molar-refractivity contribution in [1.82, 2.24) is 0 Å². The van der Waals surface area contributed by atoms with Crippen molar-refractivity contribution in [3.05, 3.63) is 59.7 Å². The van der Waals surface area contributed by atoms with Gasteiger partial charge in [-0.3, -0.25) is 9.59 Å². The lowest BCUT2D eigenvalue weighted by atomic mass is 9.92. The zero-order chi connectivity index (χ0) is 14.3. The largest absolute Gasteiger partial charge is 0.276 e. The molecule has 4 heteroatoms. The molecule has 0 spiro atoms. The van der Waals surface area contributed by atoms with Gasteiger partial charge in [0.15, 0.2) is 0 Å². The Morgan fingerprint density at radius 2 is 0.850 bits per heavy atom. The van der Waals surface area contributed by atoms with Crippen LogP contribution >= 0.6 is 23.2 Å². The number of benzene rings is 3. The van der Waals surface area contributed by atoms with E-state index >= 15 is 0 Å². The molecule has 0 atom stereocenters. The SMILES string of the molecule is O=C(Cl)c1c2ccccc2c(C(=O)Cl)c2ccccc12. The van der Waals surface area contributed by atoms with Gasteiger partial charge in [0.2, 0.25) is 0 Å². The van der Waals surface area contributed by atoms with Crippen molar-refractivity contribution >= 4 is 55.2 Å². The highest BCUT2D eigenvalue weighted by molar-refractivity contribution is 6.71. The van der Waals surface area contributed by atoms with Gasteiger partial charge in [0.05, 0.1) is 0 Å². The highest BCUT2D eigenvalue weighted by Crippen LogP contribution is 2.34. The van der Waals surface area contributed by atoms with Crippen molar-refractivity contribution in [3.63, 3.8) is 0 Å². The van der Waals surface area contributed by atoms with Crippen LogP contribution in [0.2, 0.25) is 0 Å². The molecule has 0 aliphatic rings. The van der Waals surface area contributed by atoms with E-state index in [-0.39, 0.29) is 0 Å². The Labute approximate surface area is 124 Å². The lowest BCUT2D eigenvalue weighted by Gasteiger charge is -2.12. The highest BCUT2D eigenvalue weighted by Gasteiger charge is 2.19. The molecular weight excluding hydrogens is 295 g/mol. The molecule has 0 unspecified atom stereocenters. The Balaban J connectivity index is 2.69. The van der Waals surface area contributed by atoms with Gasteiger partial charge in [0, 0.05) is 11.1 Å². The van der Waals surface area contributed by atoms with E-state index in [4.69, 9.17) is 23.2 Å². The van der Waals surface area contributed by atoms with Crippen molar-refractivity contribution in [2.45, 2.75) is 0 Å². The highest BCUT2D eigenvalue weighted by atomic mass is 35.5. The van der Waals surface area contributed by atoms with Crippen LogP contribution in [0.4, 0.5) is 0 Å². The van der Waals surface area contributed by atoms with Gasteiger partial charge in [0.1, 0.15) is 0 Å². The molecule has 0 fully saturated rings. The number of hydrogen-bond acceptors (Lipinski definition) is 2. The predicted octanol–water partition coefficient (Wildman–Crippen LogP) is 4.75. The number of hydrogen-bond donors (Lipinski definition) is 0. The Kier molecular flexibility index (Phi) is 3.20. The fraction of sp³-hybridized carbons (Fsp3) is 0. The van der Waals surface area contributed by atoms with Crippen LogP contribution in [0.5, 0.6) is 0 Å². The molecule has 0 aliphatic carbocycles. The second-order valence-corrected chi connectivity index (χ2v) is 5.08. The lowest BCUT2D eigenvalue weighted by Crippen LogP contribution is -2.00. The number of carbonyl (C=O) groups is 2. The normalized spacial score (nSPS) is 10.9. The number of rotatable bonds is 2. The van der Waals surface area contributed by atoms with Gasteiger partial charge in [-0.05, 0) is 44.7 Å². The van der Waals surface area contributed by atoms with E-state index in [0.29, 0.717) is 32.7 Å². The molecule has 0 N–H and O–H groups in total. The first kappa shape index (κ1) is 13.1. The molecule has 3 aromatic rings. The van der Waals surface area contributed by atoms with Crippen molar-refractivity contribution in [2.75, 3.05) is 0 Å². The van der Waals surface area contributed by atoms with Gasteiger partial charge in [-0.1, -0.05) is 48.5 Å². The van der Waals surface area contributed by atoms with Gasteiger partial charge in [-0.15, -0.1) is 0 Å². The van der Waals surface area contributed by atoms with Crippen molar-refractivity contribution in [1.29, 1.82) is 0 Å². The first-order valence-corrected chi connectivity index (χ1v) is 6.70. The molecule has 0 amide bonds. The van der Waals surface area contributed by atoms with E-state index in [9.17, 15) is 9.59 Å². The fourth-order valence-electron chi connectivity index (χ4n) is 2.55. The third-order valence-electron chi connectivity index (χ3n) is 3.32. The molecule has 0 radical (unpaired) electrons. The van der Waals surface area contributed by atoms with Crippen LogP contribution in [0.3, 0.4) is 0 Å². The summed E-state index contributed by atoms with van der Waals surface area (Å²) in [6.45, 7) is 0. The maximum absolute atomic E-state index is 11.8. The molecule has 2 nitrogen and oxygen atoms in total. The van der Waals surface area contributed by atoms with Gasteiger partial charge in [0.25, 0.3) is 10.5 Å². The van der Waals surface area contributed by atoms with Crippen molar-refractivity contribution in [2.24, 2.45) is 0 Å². The second kappa shape index (κ2) is 4.89. The van der Waals surface area contributed by atoms with Crippen LogP contribution in [0.25, 0.3) is 21.5 Å². The number of carbonyl (C=O) groups excluding carboxylic acids is 2. The predicted molar refractivity (Wildman–Crippen MR) is 81.8 cm³/mol. The van der Waals surface area contributed by atoms with Crippen LogP contribution < -0.4 is 0 Å². The van der Waals surface area contributed by atoms with E-state index in [2.05, 4.69) is 0 Å². The Bertz CT molecular complexity index is 740. The maximum atomic E-state index is 11.8. The lowest BCUT2D eigenvalue weighted by molar-refractivity contribution is 0.107. The first-order valence-electron chi connectivity index (χ1n) is 5.94. The minimum Gasteiger partial charge on any atom is -0.276 e. The Hall–Kier alpha value is -1.90. The molecule has 3 aromatic carbocycles. The van der Waals surface area contributed by atoms with E-state index in [1.165, 1.54) is 0 Å².